The second-order valence-corrected chi connectivity index (χ2v) is 5.45. The van der Waals surface area contributed by atoms with Gasteiger partial charge in [-0.1, -0.05) is 41.9 Å². The Labute approximate surface area is 137 Å². The topological polar surface area (TPSA) is 39.2 Å². The van der Waals surface area contributed by atoms with E-state index in [2.05, 4.69) is 4.98 Å². The smallest absolute Gasteiger partial charge is 0.311 e. The first-order valence-electron chi connectivity index (χ1n) is 7.11. The largest absolute Gasteiger partial charge is 0.422 e. The standard InChI is InChI=1S/C18H13ClFNO2/c19-15-6-3-7-16(20)18(15)23-17(22)9-8-13-11-21-10-12-4-1-2-5-14(12)13/h1-7,10-11H,8-9H2. The molecule has 3 nitrogen and oxygen atoms in total. The average Bonchev–Trinajstić information content (AvgIpc) is 2.56. The Morgan fingerprint density at radius 3 is 2.78 bits per heavy atom. The summed E-state index contributed by atoms with van der Waals surface area (Å²) in [6.07, 6.45) is 4.07. The highest BCUT2D eigenvalue weighted by Gasteiger charge is 2.13. The first-order valence-corrected chi connectivity index (χ1v) is 7.49. The molecule has 23 heavy (non-hydrogen) atoms. The molecule has 0 fully saturated rings. The molecular formula is C18H13ClFNO2. The Morgan fingerprint density at radius 1 is 1.13 bits per heavy atom. The van der Waals surface area contributed by atoms with Gasteiger partial charge in [-0.3, -0.25) is 9.78 Å². The molecule has 3 aromatic rings. The van der Waals surface area contributed by atoms with Crippen LogP contribution in [0.15, 0.2) is 54.9 Å². The van der Waals surface area contributed by atoms with E-state index in [0.29, 0.717) is 6.42 Å². The molecule has 0 aliphatic heterocycles. The van der Waals surface area contributed by atoms with Crippen LogP contribution < -0.4 is 4.74 Å². The molecule has 0 unspecified atom stereocenters. The molecule has 1 heterocycles. The number of carbonyl (C=O) groups excluding carboxylic acids is 1. The maximum Gasteiger partial charge on any atom is 0.311 e. The van der Waals surface area contributed by atoms with Crippen LogP contribution in [0.2, 0.25) is 5.02 Å². The molecule has 0 spiro atoms. The maximum atomic E-state index is 13.6. The number of nitrogens with zero attached hydrogens (tertiary/aromatic N) is 1. The van der Waals surface area contributed by atoms with Crippen LogP contribution in [0, 0.1) is 5.82 Å². The number of ether oxygens (including phenoxy) is 1. The predicted molar refractivity (Wildman–Crippen MR) is 87.1 cm³/mol. The summed E-state index contributed by atoms with van der Waals surface area (Å²) in [5.74, 6) is -1.42. The van der Waals surface area contributed by atoms with Gasteiger partial charge in [0.05, 0.1) is 11.4 Å². The van der Waals surface area contributed by atoms with Gasteiger partial charge in [0.2, 0.25) is 0 Å². The molecule has 3 rings (SSSR count). The van der Waals surface area contributed by atoms with Gasteiger partial charge in [0.1, 0.15) is 0 Å². The van der Waals surface area contributed by atoms with Crippen LogP contribution in [0.25, 0.3) is 10.8 Å². The van der Waals surface area contributed by atoms with Crippen molar-refractivity contribution in [3.05, 3.63) is 71.3 Å². The Morgan fingerprint density at radius 2 is 1.96 bits per heavy atom. The normalized spacial score (nSPS) is 10.7. The lowest BCUT2D eigenvalue weighted by atomic mass is 10.0. The molecule has 0 N–H and O–H groups in total. The van der Waals surface area contributed by atoms with E-state index >= 15 is 0 Å². The molecule has 0 aliphatic rings. The fourth-order valence-corrected chi connectivity index (χ4v) is 2.56. The van der Waals surface area contributed by atoms with E-state index in [-0.39, 0.29) is 17.2 Å². The van der Waals surface area contributed by atoms with Crippen LogP contribution in [0.5, 0.6) is 5.75 Å². The molecule has 0 saturated carbocycles. The van der Waals surface area contributed by atoms with Gasteiger partial charge in [-0.25, -0.2) is 4.39 Å². The highest BCUT2D eigenvalue weighted by atomic mass is 35.5. The second-order valence-electron chi connectivity index (χ2n) is 5.04. The van der Waals surface area contributed by atoms with Crippen LogP contribution in [0.4, 0.5) is 4.39 Å². The molecule has 0 atom stereocenters. The van der Waals surface area contributed by atoms with E-state index in [0.717, 1.165) is 16.3 Å². The van der Waals surface area contributed by atoms with Crippen LogP contribution in [0.1, 0.15) is 12.0 Å². The van der Waals surface area contributed by atoms with Crippen molar-refractivity contribution >= 4 is 28.3 Å². The van der Waals surface area contributed by atoms with Crippen LogP contribution in [-0.4, -0.2) is 11.0 Å². The number of fused-ring (bicyclic) bond motifs is 1. The summed E-state index contributed by atoms with van der Waals surface area (Å²) in [5, 5.41) is 2.12. The van der Waals surface area contributed by atoms with Crippen LogP contribution >= 0.6 is 11.6 Å². The highest BCUT2D eigenvalue weighted by Crippen LogP contribution is 2.27. The molecule has 1 aromatic heterocycles. The minimum Gasteiger partial charge on any atom is -0.422 e. The number of aryl methyl sites for hydroxylation is 1. The fourth-order valence-electron chi connectivity index (χ4n) is 2.36. The monoisotopic (exact) mass is 329 g/mol. The van der Waals surface area contributed by atoms with Crippen molar-refractivity contribution in [1.29, 1.82) is 0 Å². The Hall–Kier alpha value is -2.46. The molecule has 0 amide bonds. The SMILES string of the molecule is O=C(CCc1cncc2ccccc12)Oc1c(F)cccc1Cl. The number of hydrogen-bond donors (Lipinski definition) is 0. The number of esters is 1. The van der Waals surface area contributed by atoms with Crippen LogP contribution in [-0.2, 0) is 11.2 Å². The lowest BCUT2D eigenvalue weighted by Gasteiger charge is -2.08. The number of para-hydroxylation sites is 1. The number of aromatic nitrogens is 1. The van der Waals surface area contributed by atoms with Gasteiger partial charge >= 0.3 is 5.97 Å². The minimum absolute atomic E-state index is 0.0742. The Balaban J connectivity index is 1.71. The van der Waals surface area contributed by atoms with E-state index in [4.69, 9.17) is 16.3 Å². The van der Waals surface area contributed by atoms with Crippen molar-refractivity contribution in [2.75, 3.05) is 0 Å². The van der Waals surface area contributed by atoms with Crippen LogP contribution in [0.3, 0.4) is 0 Å². The molecule has 0 aliphatic carbocycles. The molecule has 0 radical (unpaired) electrons. The number of rotatable bonds is 4. The van der Waals surface area contributed by atoms with Gasteiger partial charge in [-0.15, -0.1) is 0 Å². The van der Waals surface area contributed by atoms with Gasteiger partial charge in [0.25, 0.3) is 0 Å². The highest BCUT2D eigenvalue weighted by molar-refractivity contribution is 6.32. The van der Waals surface area contributed by atoms with Gasteiger partial charge in [0.15, 0.2) is 11.6 Å². The number of pyridine rings is 1. The zero-order chi connectivity index (χ0) is 16.2. The third-order valence-electron chi connectivity index (χ3n) is 3.48. The molecular weight excluding hydrogens is 317 g/mol. The summed E-state index contributed by atoms with van der Waals surface area (Å²) in [6.45, 7) is 0. The molecule has 0 bridgehead atoms. The van der Waals surface area contributed by atoms with Crippen molar-refractivity contribution in [3.8, 4) is 5.75 Å². The molecule has 5 heteroatoms. The third kappa shape index (κ3) is 3.48. The Bertz CT molecular complexity index is 841. The first-order chi connectivity index (χ1) is 11.1. The van der Waals surface area contributed by atoms with Gasteiger partial charge in [-0.2, -0.15) is 0 Å². The summed E-state index contributed by atoms with van der Waals surface area (Å²) in [4.78, 5) is 16.1. The average molecular weight is 330 g/mol. The number of hydrogen-bond acceptors (Lipinski definition) is 3. The molecule has 116 valence electrons. The lowest BCUT2D eigenvalue weighted by molar-refractivity contribution is -0.134. The van der Waals surface area contributed by atoms with Gasteiger partial charge in [0, 0.05) is 17.8 Å². The van der Waals surface area contributed by atoms with E-state index in [1.807, 2.05) is 24.3 Å². The third-order valence-corrected chi connectivity index (χ3v) is 3.78. The predicted octanol–water partition coefficient (Wildman–Crippen LogP) is 4.57. The van der Waals surface area contributed by atoms with Gasteiger partial charge < -0.3 is 4.74 Å². The van der Waals surface area contributed by atoms with Crippen molar-refractivity contribution < 1.29 is 13.9 Å². The van der Waals surface area contributed by atoms with Crippen molar-refractivity contribution in [3.63, 3.8) is 0 Å². The zero-order valence-electron chi connectivity index (χ0n) is 12.1. The fraction of sp³-hybridized carbons (Fsp3) is 0.111. The van der Waals surface area contributed by atoms with Gasteiger partial charge in [-0.05, 0) is 29.5 Å². The Kier molecular flexibility index (Phi) is 4.53. The zero-order valence-corrected chi connectivity index (χ0v) is 12.9. The summed E-state index contributed by atoms with van der Waals surface area (Å²) in [7, 11) is 0. The number of benzene rings is 2. The second kappa shape index (κ2) is 6.75. The lowest BCUT2D eigenvalue weighted by Crippen LogP contribution is -2.10. The number of carbonyl (C=O) groups is 1. The summed E-state index contributed by atoms with van der Waals surface area (Å²) < 4.78 is 18.7. The van der Waals surface area contributed by atoms with Crippen molar-refractivity contribution in [2.45, 2.75) is 12.8 Å². The van der Waals surface area contributed by atoms with E-state index in [1.54, 1.807) is 12.4 Å². The quantitative estimate of drug-likeness (QED) is 0.520. The van der Waals surface area contributed by atoms with E-state index in [1.165, 1.54) is 18.2 Å². The van der Waals surface area contributed by atoms with Crippen molar-refractivity contribution in [2.24, 2.45) is 0 Å². The summed E-state index contributed by atoms with van der Waals surface area (Å²) in [6, 6.07) is 11.9. The molecule has 2 aromatic carbocycles. The van der Waals surface area contributed by atoms with E-state index in [9.17, 15) is 9.18 Å². The molecule has 0 saturated heterocycles. The van der Waals surface area contributed by atoms with Crippen molar-refractivity contribution in [1.82, 2.24) is 4.98 Å². The first kappa shape index (κ1) is 15.4. The maximum absolute atomic E-state index is 13.6. The van der Waals surface area contributed by atoms with E-state index < -0.39 is 11.8 Å². The summed E-state index contributed by atoms with van der Waals surface area (Å²) >= 11 is 5.84. The number of halogens is 2. The minimum atomic E-state index is -0.655. The summed E-state index contributed by atoms with van der Waals surface area (Å²) in [5.41, 5.74) is 0.944.